The summed E-state index contributed by atoms with van der Waals surface area (Å²) in [7, 11) is 1.32. The normalized spacial score (nSPS) is 13.7. The Bertz CT molecular complexity index is 1350. The number of aliphatic hydroxyl groups excluding tert-OH is 1. The van der Waals surface area contributed by atoms with Crippen LogP contribution >= 0.6 is 7.82 Å². The van der Waals surface area contributed by atoms with Crippen molar-refractivity contribution in [3.8, 4) is 0 Å². The second-order valence-corrected chi connectivity index (χ2v) is 27.4. The number of hydrogen-bond acceptors (Lipinski definition) is 6. The molecule has 0 aromatic rings. The van der Waals surface area contributed by atoms with Gasteiger partial charge >= 0.3 is 0 Å². The zero-order chi connectivity index (χ0) is 58.4. The van der Waals surface area contributed by atoms with Crippen LogP contribution in [-0.2, 0) is 18.4 Å². The molecule has 0 aliphatic rings. The molecule has 0 aromatic heterocycles. The molecule has 0 fully saturated rings. The van der Waals surface area contributed by atoms with Crippen molar-refractivity contribution in [3.63, 3.8) is 0 Å². The van der Waals surface area contributed by atoms with E-state index in [4.69, 9.17) is 9.05 Å². The van der Waals surface area contributed by atoms with Crippen LogP contribution in [0.3, 0.4) is 0 Å². The van der Waals surface area contributed by atoms with Crippen molar-refractivity contribution < 1.29 is 32.9 Å². The fourth-order valence-corrected chi connectivity index (χ4v) is 11.9. The Labute approximate surface area is 500 Å². The molecule has 3 unspecified atom stereocenters. The number of aliphatic hydroxyl groups is 1. The number of nitrogens with one attached hydrogen (secondary N) is 1. The molecule has 0 bridgehead atoms. The molecule has 8 nitrogen and oxygen atoms in total. The Balaban J connectivity index is 3.99. The predicted octanol–water partition coefficient (Wildman–Crippen LogP) is 22.0. The van der Waals surface area contributed by atoms with E-state index in [1.807, 2.05) is 21.1 Å². The van der Waals surface area contributed by atoms with E-state index < -0.39 is 20.0 Å². The van der Waals surface area contributed by atoms with Gasteiger partial charge in [0.2, 0.25) is 5.91 Å². The summed E-state index contributed by atoms with van der Waals surface area (Å²) in [5.74, 6) is -0.158. The number of carbonyl (C=O) groups excluding carboxylic acids is 1. The van der Waals surface area contributed by atoms with E-state index in [-0.39, 0.29) is 19.1 Å². The summed E-state index contributed by atoms with van der Waals surface area (Å²) in [4.78, 5) is 25.7. The second-order valence-electron chi connectivity index (χ2n) is 26.0. The number of rotatable bonds is 67. The standard InChI is InChI=1S/C71H141N2O6P/c1-6-8-10-12-14-16-18-20-22-24-26-28-30-32-34-35-36-37-39-40-42-44-46-48-50-52-54-56-58-60-62-64-70(74)69(68-79-80(76,77)78-67-66-73(3,4)5)72-71(75)65-63-61-59-57-55-53-51-49-47-45-43-41-38-33-31-29-27-25-23-21-19-17-15-13-11-9-7-2/h19,21,25,27,69-70,74H,6-18,20,22-24,26,28-68H2,1-5H3,(H-,72,75,76,77)/b21-19-,27-25-. The summed E-state index contributed by atoms with van der Waals surface area (Å²) in [6, 6.07) is -0.801. The van der Waals surface area contributed by atoms with Gasteiger partial charge in [-0.05, 0) is 44.9 Å². The number of unbranched alkanes of at least 4 members (excludes halogenated alkanes) is 50. The van der Waals surface area contributed by atoms with Crippen LogP contribution in [0.2, 0.25) is 0 Å². The zero-order valence-corrected chi connectivity index (χ0v) is 55.5. The molecule has 1 amide bonds. The first-order valence-corrected chi connectivity index (χ1v) is 37.1. The third-order valence-electron chi connectivity index (χ3n) is 16.7. The van der Waals surface area contributed by atoms with Crippen LogP contribution in [0.15, 0.2) is 24.3 Å². The number of nitrogens with zero attached hydrogens (tertiary/aromatic N) is 1. The summed E-state index contributed by atoms with van der Waals surface area (Å²) < 4.78 is 23.6. The third-order valence-corrected chi connectivity index (χ3v) is 17.7. The third kappa shape index (κ3) is 64.5. The lowest BCUT2D eigenvalue weighted by Gasteiger charge is -2.30. The maximum absolute atomic E-state index is 13.1. The molecule has 2 N–H and O–H groups in total. The number of phosphoric ester groups is 1. The molecule has 0 aromatic carbocycles. The van der Waals surface area contributed by atoms with Gasteiger partial charge in [-0.15, -0.1) is 0 Å². The Morgan fingerprint density at radius 1 is 0.438 bits per heavy atom. The number of allylic oxidation sites excluding steroid dienone is 4. The number of quaternary nitrogens is 1. The first kappa shape index (κ1) is 79.0. The number of hydrogen-bond donors (Lipinski definition) is 2. The zero-order valence-electron chi connectivity index (χ0n) is 54.6. The van der Waals surface area contributed by atoms with E-state index in [1.54, 1.807) is 0 Å². The van der Waals surface area contributed by atoms with Crippen LogP contribution in [0, 0.1) is 0 Å². The highest BCUT2D eigenvalue weighted by atomic mass is 31.2. The minimum Gasteiger partial charge on any atom is -0.756 e. The fraction of sp³-hybridized carbons (Fsp3) is 0.930. The largest absolute Gasteiger partial charge is 0.756 e. The van der Waals surface area contributed by atoms with Crippen molar-refractivity contribution >= 4 is 13.7 Å². The molecular formula is C71H141N2O6P. The van der Waals surface area contributed by atoms with Crippen molar-refractivity contribution in [2.75, 3.05) is 40.9 Å². The summed E-state index contributed by atoms with van der Waals surface area (Å²) in [6.07, 6.45) is 81.2. The van der Waals surface area contributed by atoms with Gasteiger partial charge in [0.05, 0.1) is 39.9 Å². The summed E-state index contributed by atoms with van der Waals surface area (Å²) >= 11 is 0. The van der Waals surface area contributed by atoms with Gasteiger partial charge in [-0.2, -0.15) is 0 Å². The van der Waals surface area contributed by atoms with Gasteiger partial charge < -0.3 is 28.8 Å². The molecule has 80 heavy (non-hydrogen) atoms. The Hall–Kier alpha value is -1.02. The van der Waals surface area contributed by atoms with Gasteiger partial charge in [-0.3, -0.25) is 9.36 Å². The maximum Gasteiger partial charge on any atom is 0.268 e. The molecule has 0 rings (SSSR count). The summed E-state index contributed by atoms with van der Waals surface area (Å²) in [5, 5.41) is 14.1. The highest BCUT2D eigenvalue weighted by Crippen LogP contribution is 2.38. The van der Waals surface area contributed by atoms with E-state index >= 15 is 0 Å². The van der Waals surface area contributed by atoms with Gasteiger partial charge in [0, 0.05) is 6.42 Å². The first-order valence-electron chi connectivity index (χ1n) is 35.7. The topological polar surface area (TPSA) is 108 Å². The van der Waals surface area contributed by atoms with Crippen molar-refractivity contribution in [1.29, 1.82) is 0 Å². The fourth-order valence-electron chi connectivity index (χ4n) is 11.1. The van der Waals surface area contributed by atoms with E-state index in [9.17, 15) is 19.4 Å². The molecule has 0 saturated heterocycles. The molecule has 3 atom stereocenters. The van der Waals surface area contributed by atoms with Gasteiger partial charge in [-0.25, -0.2) is 0 Å². The lowest BCUT2D eigenvalue weighted by Crippen LogP contribution is -2.46. The molecule has 0 heterocycles. The lowest BCUT2D eigenvalue weighted by molar-refractivity contribution is -0.870. The molecule has 0 saturated carbocycles. The van der Waals surface area contributed by atoms with Crippen LogP contribution in [0.5, 0.6) is 0 Å². The van der Waals surface area contributed by atoms with Crippen molar-refractivity contribution in [2.24, 2.45) is 0 Å². The minimum absolute atomic E-state index is 0.0145. The van der Waals surface area contributed by atoms with Crippen LogP contribution in [-0.4, -0.2) is 68.5 Å². The molecule has 0 radical (unpaired) electrons. The molecule has 0 spiro atoms. The average Bonchev–Trinajstić information content (AvgIpc) is 3.42. The maximum atomic E-state index is 13.1. The monoisotopic (exact) mass is 1150 g/mol. The summed E-state index contributed by atoms with van der Waals surface area (Å²) in [5.41, 5.74) is 0. The molecule has 0 aliphatic carbocycles. The van der Waals surface area contributed by atoms with Crippen LogP contribution in [0.4, 0.5) is 0 Å². The van der Waals surface area contributed by atoms with Crippen LogP contribution in [0.1, 0.15) is 373 Å². The predicted molar refractivity (Wildman–Crippen MR) is 349 cm³/mol. The van der Waals surface area contributed by atoms with Crippen molar-refractivity contribution in [2.45, 2.75) is 386 Å². The average molecular weight is 1150 g/mol. The van der Waals surface area contributed by atoms with Crippen LogP contribution < -0.4 is 10.2 Å². The Morgan fingerprint density at radius 3 is 1.04 bits per heavy atom. The molecule has 9 heteroatoms. The quantitative estimate of drug-likeness (QED) is 0.0272. The highest BCUT2D eigenvalue weighted by molar-refractivity contribution is 7.45. The van der Waals surface area contributed by atoms with Crippen molar-refractivity contribution in [1.82, 2.24) is 5.32 Å². The highest BCUT2D eigenvalue weighted by Gasteiger charge is 2.24. The first-order chi connectivity index (χ1) is 39.0. The van der Waals surface area contributed by atoms with Gasteiger partial charge in [-0.1, -0.05) is 346 Å². The Kier molecular flexibility index (Phi) is 61.7. The SMILES string of the molecule is CCCCCCC/C=C\C/C=C\CCCCCCCCCCCCCCCCCC(=O)NC(COP(=O)([O-])OCC[N+](C)(C)C)C(O)CCCCCCCCCCCCCCCCCCCCCCCCCCCCCCCCC. The smallest absolute Gasteiger partial charge is 0.268 e. The van der Waals surface area contributed by atoms with E-state index in [0.29, 0.717) is 23.9 Å². The summed E-state index contributed by atoms with van der Waals surface area (Å²) in [6.45, 7) is 4.77. The minimum atomic E-state index is -4.58. The number of phosphoric acid groups is 1. The van der Waals surface area contributed by atoms with E-state index in [2.05, 4.69) is 43.5 Å². The van der Waals surface area contributed by atoms with E-state index in [1.165, 1.54) is 302 Å². The lowest BCUT2D eigenvalue weighted by atomic mass is 10.0. The Morgan fingerprint density at radius 2 is 0.725 bits per heavy atom. The molecule has 476 valence electrons. The van der Waals surface area contributed by atoms with Gasteiger partial charge in [0.1, 0.15) is 13.2 Å². The van der Waals surface area contributed by atoms with E-state index in [0.717, 1.165) is 44.9 Å². The van der Waals surface area contributed by atoms with Gasteiger partial charge in [0.15, 0.2) is 0 Å². The molecular weight excluding hydrogens is 1010 g/mol. The number of likely N-dealkylation sites (N-methyl/N-ethyl adjacent to an activating group) is 1. The number of carbonyl (C=O) groups is 1. The number of amides is 1. The van der Waals surface area contributed by atoms with Gasteiger partial charge in [0.25, 0.3) is 7.82 Å². The molecule has 0 aliphatic heterocycles. The second kappa shape index (κ2) is 62.5. The van der Waals surface area contributed by atoms with Crippen molar-refractivity contribution in [3.05, 3.63) is 24.3 Å². The van der Waals surface area contributed by atoms with Crippen LogP contribution in [0.25, 0.3) is 0 Å².